The summed E-state index contributed by atoms with van der Waals surface area (Å²) in [6.07, 6.45) is 1.54. The molecule has 0 aliphatic rings. The van der Waals surface area contributed by atoms with Crippen molar-refractivity contribution in [3.05, 3.63) is 29.3 Å². The van der Waals surface area contributed by atoms with Crippen LogP contribution in [0.15, 0.2) is 18.2 Å². The first kappa shape index (κ1) is 12.8. The number of hydrogen-bond donors (Lipinski definition) is 0. The van der Waals surface area contributed by atoms with Gasteiger partial charge in [0.1, 0.15) is 11.5 Å². The second-order valence-electron chi connectivity index (χ2n) is 4.18. The average Bonchev–Trinajstić information content (AvgIpc) is 2.28. The summed E-state index contributed by atoms with van der Waals surface area (Å²) >= 11 is 0. The Kier molecular flexibility index (Phi) is 4.53. The molecule has 1 rings (SSSR count). The van der Waals surface area contributed by atoms with E-state index in [2.05, 4.69) is 0 Å². The summed E-state index contributed by atoms with van der Waals surface area (Å²) in [6.45, 7) is 6.01. The van der Waals surface area contributed by atoms with Crippen molar-refractivity contribution in [2.24, 2.45) is 0 Å². The fourth-order valence-electron chi connectivity index (χ4n) is 1.83. The monoisotopic (exact) mass is 220 g/mol. The van der Waals surface area contributed by atoms with E-state index in [1.807, 2.05) is 39.0 Å². The molecule has 1 aromatic carbocycles. The molecule has 1 unspecified atom stereocenters. The summed E-state index contributed by atoms with van der Waals surface area (Å²) in [7, 11) is 1.64. The van der Waals surface area contributed by atoms with E-state index >= 15 is 0 Å². The van der Waals surface area contributed by atoms with Gasteiger partial charge in [-0.15, -0.1) is 0 Å². The second-order valence-corrected chi connectivity index (χ2v) is 4.18. The molecular weight excluding hydrogens is 200 g/mol. The number of carbonyl (C=O) groups is 1. The van der Waals surface area contributed by atoms with Crippen LogP contribution in [-0.4, -0.2) is 12.9 Å². The number of hydrogen-bond acceptors (Lipinski definition) is 2. The molecule has 0 saturated heterocycles. The Bertz CT molecular complexity index is 369. The van der Waals surface area contributed by atoms with Crippen molar-refractivity contribution < 1.29 is 9.53 Å². The number of carbonyl (C=O) groups excluding carboxylic acids is 1. The van der Waals surface area contributed by atoms with E-state index in [0.717, 1.165) is 23.3 Å². The molecule has 2 heteroatoms. The lowest BCUT2D eigenvalue weighted by Gasteiger charge is -2.15. The van der Waals surface area contributed by atoms with E-state index in [1.54, 1.807) is 7.11 Å². The molecule has 88 valence electrons. The van der Waals surface area contributed by atoms with E-state index in [-0.39, 0.29) is 11.7 Å². The van der Waals surface area contributed by atoms with Crippen LogP contribution in [0.3, 0.4) is 0 Å². The van der Waals surface area contributed by atoms with Gasteiger partial charge >= 0.3 is 0 Å². The lowest BCUT2D eigenvalue weighted by Crippen LogP contribution is -2.10. The molecule has 0 heterocycles. The SMILES string of the molecule is CCCC(=O)C(C)c1cc(C)ccc1OC. The number of benzene rings is 1. The first-order valence-corrected chi connectivity index (χ1v) is 5.77. The molecule has 0 aliphatic carbocycles. The van der Waals surface area contributed by atoms with E-state index < -0.39 is 0 Å². The van der Waals surface area contributed by atoms with Crippen molar-refractivity contribution in [3.63, 3.8) is 0 Å². The Morgan fingerprint density at radius 3 is 2.69 bits per heavy atom. The number of aryl methyl sites for hydroxylation is 1. The van der Waals surface area contributed by atoms with Crippen LogP contribution in [-0.2, 0) is 4.79 Å². The zero-order valence-corrected chi connectivity index (χ0v) is 10.5. The van der Waals surface area contributed by atoms with Gasteiger partial charge in [0.05, 0.1) is 7.11 Å². The molecule has 0 amide bonds. The summed E-state index contributed by atoms with van der Waals surface area (Å²) in [5.41, 5.74) is 2.16. The second kappa shape index (κ2) is 5.69. The van der Waals surface area contributed by atoms with Gasteiger partial charge in [0, 0.05) is 17.9 Å². The molecule has 1 aromatic rings. The minimum Gasteiger partial charge on any atom is -0.496 e. The molecular formula is C14H20O2. The molecule has 0 bridgehead atoms. The maximum absolute atomic E-state index is 11.9. The Balaban J connectivity index is 3.01. The quantitative estimate of drug-likeness (QED) is 0.759. The zero-order valence-electron chi connectivity index (χ0n) is 10.5. The molecule has 0 spiro atoms. The number of rotatable bonds is 5. The van der Waals surface area contributed by atoms with Gasteiger partial charge in [-0.2, -0.15) is 0 Å². The highest BCUT2D eigenvalue weighted by molar-refractivity contribution is 5.86. The van der Waals surface area contributed by atoms with Gasteiger partial charge in [-0.1, -0.05) is 31.5 Å². The van der Waals surface area contributed by atoms with Crippen molar-refractivity contribution in [1.29, 1.82) is 0 Å². The van der Waals surface area contributed by atoms with Crippen molar-refractivity contribution >= 4 is 5.78 Å². The Morgan fingerprint density at radius 2 is 2.12 bits per heavy atom. The summed E-state index contributed by atoms with van der Waals surface area (Å²) in [4.78, 5) is 11.9. The fraction of sp³-hybridized carbons (Fsp3) is 0.500. The Morgan fingerprint density at radius 1 is 1.44 bits per heavy atom. The lowest BCUT2D eigenvalue weighted by atomic mass is 9.92. The van der Waals surface area contributed by atoms with E-state index in [4.69, 9.17) is 4.74 Å². The highest BCUT2D eigenvalue weighted by atomic mass is 16.5. The average molecular weight is 220 g/mol. The Hall–Kier alpha value is -1.31. The lowest BCUT2D eigenvalue weighted by molar-refractivity contribution is -0.120. The fourth-order valence-corrected chi connectivity index (χ4v) is 1.83. The molecule has 2 nitrogen and oxygen atoms in total. The number of ether oxygens (including phenoxy) is 1. The minimum absolute atomic E-state index is 0.0743. The molecule has 0 aliphatic heterocycles. The Labute approximate surface area is 97.6 Å². The topological polar surface area (TPSA) is 26.3 Å². The van der Waals surface area contributed by atoms with Crippen LogP contribution >= 0.6 is 0 Å². The van der Waals surface area contributed by atoms with Crippen LogP contribution in [0.1, 0.15) is 43.7 Å². The molecule has 0 radical (unpaired) electrons. The molecule has 0 aromatic heterocycles. The highest BCUT2D eigenvalue weighted by Gasteiger charge is 2.18. The number of methoxy groups -OCH3 is 1. The van der Waals surface area contributed by atoms with Crippen molar-refractivity contribution in [1.82, 2.24) is 0 Å². The largest absolute Gasteiger partial charge is 0.496 e. The third kappa shape index (κ3) is 2.84. The van der Waals surface area contributed by atoms with E-state index in [9.17, 15) is 4.79 Å². The standard InChI is InChI=1S/C14H20O2/c1-5-6-13(15)11(3)12-9-10(2)7-8-14(12)16-4/h7-9,11H,5-6H2,1-4H3. The van der Waals surface area contributed by atoms with Gasteiger partial charge in [-0.05, 0) is 19.4 Å². The third-order valence-electron chi connectivity index (χ3n) is 2.83. The normalized spacial score (nSPS) is 12.2. The van der Waals surface area contributed by atoms with Crippen LogP contribution in [0, 0.1) is 6.92 Å². The molecule has 0 fully saturated rings. The van der Waals surface area contributed by atoms with Crippen molar-refractivity contribution in [3.8, 4) is 5.75 Å². The maximum atomic E-state index is 11.9. The third-order valence-corrected chi connectivity index (χ3v) is 2.83. The number of Topliss-reactive ketones (excluding diaryl/α,β-unsaturated/α-hetero) is 1. The van der Waals surface area contributed by atoms with Crippen molar-refractivity contribution in [2.45, 2.75) is 39.5 Å². The van der Waals surface area contributed by atoms with Crippen LogP contribution in [0.5, 0.6) is 5.75 Å². The first-order valence-electron chi connectivity index (χ1n) is 5.77. The molecule has 0 saturated carbocycles. The summed E-state index contributed by atoms with van der Waals surface area (Å²) < 4.78 is 5.30. The van der Waals surface area contributed by atoms with Gasteiger partial charge in [-0.3, -0.25) is 4.79 Å². The van der Waals surface area contributed by atoms with Gasteiger partial charge in [0.25, 0.3) is 0 Å². The first-order chi connectivity index (χ1) is 7.60. The summed E-state index contributed by atoms with van der Waals surface area (Å²) in [5, 5.41) is 0. The van der Waals surface area contributed by atoms with Crippen molar-refractivity contribution in [2.75, 3.05) is 7.11 Å². The smallest absolute Gasteiger partial charge is 0.140 e. The number of ketones is 1. The van der Waals surface area contributed by atoms with Gasteiger partial charge in [-0.25, -0.2) is 0 Å². The van der Waals surface area contributed by atoms with Crippen LogP contribution in [0.4, 0.5) is 0 Å². The predicted octanol–water partition coefficient (Wildman–Crippen LogP) is 3.48. The summed E-state index contributed by atoms with van der Waals surface area (Å²) in [6, 6.07) is 5.97. The maximum Gasteiger partial charge on any atom is 0.140 e. The predicted molar refractivity (Wildman–Crippen MR) is 66.1 cm³/mol. The summed E-state index contributed by atoms with van der Waals surface area (Å²) in [5.74, 6) is 1.02. The van der Waals surface area contributed by atoms with Crippen LogP contribution in [0.25, 0.3) is 0 Å². The van der Waals surface area contributed by atoms with E-state index in [0.29, 0.717) is 6.42 Å². The van der Waals surface area contributed by atoms with Gasteiger partial charge in [0.2, 0.25) is 0 Å². The molecule has 0 N–H and O–H groups in total. The van der Waals surface area contributed by atoms with E-state index in [1.165, 1.54) is 0 Å². The molecule has 1 atom stereocenters. The van der Waals surface area contributed by atoms with Crippen LogP contribution in [0.2, 0.25) is 0 Å². The highest BCUT2D eigenvalue weighted by Crippen LogP contribution is 2.29. The molecule has 16 heavy (non-hydrogen) atoms. The minimum atomic E-state index is -0.0743. The van der Waals surface area contributed by atoms with Gasteiger partial charge < -0.3 is 4.74 Å². The zero-order chi connectivity index (χ0) is 12.1. The van der Waals surface area contributed by atoms with Gasteiger partial charge in [0.15, 0.2) is 0 Å². The van der Waals surface area contributed by atoms with Crippen LogP contribution < -0.4 is 4.74 Å².